The molecule has 0 heterocycles. The van der Waals surface area contributed by atoms with Gasteiger partial charge in [0.05, 0.1) is 11.1 Å². The molecule has 0 saturated carbocycles. The second-order valence-electron chi connectivity index (χ2n) is 11.4. The summed E-state index contributed by atoms with van der Waals surface area (Å²) >= 11 is 7.06. The van der Waals surface area contributed by atoms with Crippen LogP contribution in [0, 0.1) is 0 Å². The molecule has 2 heteroatoms. The normalized spacial score (nSPS) is 15.7. The van der Waals surface area contributed by atoms with Crippen molar-refractivity contribution in [2.75, 3.05) is 4.90 Å². The van der Waals surface area contributed by atoms with E-state index in [0.29, 0.717) is 0 Å². The summed E-state index contributed by atoms with van der Waals surface area (Å²) in [5, 5.41) is 3.27. The average molecular weight is 568 g/mol. The average Bonchev–Trinajstić information content (AvgIpc) is 3.53. The van der Waals surface area contributed by atoms with Crippen LogP contribution in [0.25, 0.3) is 33.0 Å². The lowest BCUT2D eigenvalue weighted by molar-refractivity contribution is 0.793. The molecule has 202 valence electrons. The summed E-state index contributed by atoms with van der Waals surface area (Å²) in [5.74, 6) is 0. The number of anilines is 3. The summed E-state index contributed by atoms with van der Waals surface area (Å²) in [7, 11) is 0. The van der Waals surface area contributed by atoms with Gasteiger partial charge in [-0.15, -0.1) is 0 Å². The monoisotopic (exact) mass is 567 g/mol. The summed E-state index contributed by atoms with van der Waals surface area (Å²) in [6, 6.07) is 57.0. The van der Waals surface area contributed by atoms with Crippen molar-refractivity contribution in [3.05, 3.63) is 185 Å². The van der Waals surface area contributed by atoms with Crippen LogP contribution in [0.3, 0.4) is 0 Å². The van der Waals surface area contributed by atoms with Crippen molar-refractivity contribution in [3.8, 4) is 22.3 Å². The first-order valence-electron chi connectivity index (χ1n) is 14.7. The van der Waals surface area contributed by atoms with Crippen LogP contribution in [0.15, 0.2) is 158 Å². The molecule has 43 heavy (non-hydrogen) atoms. The van der Waals surface area contributed by atoms with E-state index in [1.165, 1.54) is 55.3 Å². The summed E-state index contributed by atoms with van der Waals surface area (Å²) < 4.78 is 0. The molecule has 0 aromatic heterocycles. The highest BCUT2D eigenvalue weighted by atomic mass is 35.5. The number of para-hydroxylation sites is 2. The molecule has 0 radical (unpaired) electrons. The van der Waals surface area contributed by atoms with E-state index in [0.717, 1.165) is 22.1 Å². The van der Waals surface area contributed by atoms with Crippen LogP contribution < -0.4 is 4.90 Å². The van der Waals surface area contributed by atoms with E-state index in [2.05, 4.69) is 163 Å². The second-order valence-corrected chi connectivity index (χ2v) is 11.8. The number of benzene rings is 7. The van der Waals surface area contributed by atoms with Gasteiger partial charge in [0.15, 0.2) is 0 Å². The molecule has 1 unspecified atom stereocenters. The molecule has 1 nitrogen and oxygen atoms in total. The van der Waals surface area contributed by atoms with Crippen LogP contribution in [0.1, 0.15) is 22.3 Å². The summed E-state index contributed by atoms with van der Waals surface area (Å²) in [5.41, 5.74) is 13.0. The van der Waals surface area contributed by atoms with Gasteiger partial charge in [-0.25, -0.2) is 0 Å². The second kappa shape index (κ2) is 9.19. The van der Waals surface area contributed by atoms with E-state index in [4.69, 9.17) is 11.6 Å². The van der Waals surface area contributed by atoms with Gasteiger partial charge in [0, 0.05) is 22.0 Å². The fourth-order valence-electron chi connectivity index (χ4n) is 7.74. The Labute approximate surface area is 256 Å². The first kappa shape index (κ1) is 24.5. The zero-order chi connectivity index (χ0) is 28.5. The Hall–Kier alpha value is -5.11. The van der Waals surface area contributed by atoms with Gasteiger partial charge in [0.2, 0.25) is 0 Å². The lowest BCUT2D eigenvalue weighted by Gasteiger charge is -2.36. The van der Waals surface area contributed by atoms with E-state index in [1.54, 1.807) is 0 Å². The lowest BCUT2D eigenvalue weighted by atomic mass is 9.69. The van der Waals surface area contributed by atoms with E-state index in [9.17, 15) is 0 Å². The molecular formula is C41H26ClN. The molecule has 0 aliphatic heterocycles. The third-order valence-corrected chi connectivity index (χ3v) is 9.50. The fourth-order valence-corrected chi connectivity index (χ4v) is 7.96. The van der Waals surface area contributed by atoms with Crippen molar-refractivity contribution in [3.63, 3.8) is 0 Å². The third-order valence-electron chi connectivity index (χ3n) is 9.28. The van der Waals surface area contributed by atoms with Crippen LogP contribution >= 0.6 is 11.6 Å². The quantitative estimate of drug-likeness (QED) is 0.205. The van der Waals surface area contributed by atoms with Crippen molar-refractivity contribution in [2.45, 2.75) is 5.41 Å². The Morgan fingerprint density at radius 3 is 1.77 bits per heavy atom. The Morgan fingerprint density at radius 2 is 1.05 bits per heavy atom. The van der Waals surface area contributed by atoms with Gasteiger partial charge in [0.25, 0.3) is 0 Å². The van der Waals surface area contributed by atoms with E-state index in [-0.39, 0.29) is 0 Å². The van der Waals surface area contributed by atoms with E-state index < -0.39 is 5.41 Å². The van der Waals surface area contributed by atoms with Crippen molar-refractivity contribution in [1.82, 2.24) is 0 Å². The number of rotatable bonds is 3. The SMILES string of the molecule is Clc1cc2c(c(N(c3ccccc3)c3ccccc3)c1)C1(c3ccccc3-2)c2ccccc2-c2c1ccc1ccccc21. The highest BCUT2D eigenvalue weighted by molar-refractivity contribution is 6.31. The minimum absolute atomic E-state index is 0.510. The molecule has 7 aromatic carbocycles. The zero-order valence-electron chi connectivity index (χ0n) is 23.3. The first-order chi connectivity index (χ1) is 21.3. The maximum absolute atomic E-state index is 7.06. The number of halogens is 1. The van der Waals surface area contributed by atoms with Crippen molar-refractivity contribution >= 4 is 39.4 Å². The van der Waals surface area contributed by atoms with Gasteiger partial charge < -0.3 is 4.90 Å². The first-order valence-corrected chi connectivity index (χ1v) is 15.1. The highest BCUT2D eigenvalue weighted by Crippen LogP contribution is 2.66. The molecule has 7 aromatic rings. The van der Waals surface area contributed by atoms with Crippen LogP contribution in [0.4, 0.5) is 17.1 Å². The van der Waals surface area contributed by atoms with Gasteiger partial charge in [-0.3, -0.25) is 0 Å². The molecule has 0 bridgehead atoms. The fraction of sp³-hybridized carbons (Fsp3) is 0.0244. The van der Waals surface area contributed by atoms with Crippen LogP contribution in [-0.2, 0) is 5.41 Å². The molecule has 2 aliphatic rings. The molecule has 0 N–H and O–H groups in total. The Kier molecular flexibility index (Phi) is 5.24. The van der Waals surface area contributed by atoms with Gasteiger partial charge in [-0.1, -0.05) is 133 Å². The largest absolute Gasteiger partial charge is 0.310 e. The zero-order valence-corrected chi connectivity index (χ0v) is 24.1. The standard InChI is InChI=1S/C41H26ClN/c42-28-25-34-32-19-9-11-21-35(32)41(36-22-12-10-20-33(36)39-31-18-8-7-13-27(31)23-24-37(39)41)40(34)38(26-28)43(29-14-3-1-4-15-29)30-16-5-2-6-17-30/h1-26H. The van der Waals surface area contributed by atoms with Crippen molar-refractivity contribution < 1.29 is 0 Å². The molecule has 2 aliphatic carbocycles. The van der Waals surface area contributed by atoms with Crippen molar-refractivity contribution in [2.24, 2.45) is 0 Å². The lowest BCUT2D eigenvalue weighted by Crippen LogP contribution is -2.28. The van der Waals surface area contributed by atoms with Gasteiger partial charge >= 0.3 is 0 Å². The summed E-state index contributed by atoms with van der Waals surface area (Å²) in [6.45, 7) is 0. The topological polar surface area (TPSA) is 3.24 Å². The molecule has 0 fully saturated rings. The number of fused-ring (bicyclic) bond motifs is 12. The maximum atomic E-state index is 7.06. The smallest absolute Gasteiger partial charge is 0.0746 e. The Bertz CT molecular complexity index is 2160. The van der Waals surface area contributed by atoms with Crippen LogP contribution in [0.2, 0.25) is 5.02 Å². The maximum Gasteiger partial charge on any atom is 0.0746 e. The molecular weight excluding hydrogens is 542 g/mol. The van der Waals surface area contributed by atoms with Gasteiger partial charge in [0.1, 0.15) is 0 Å². The third kappa shape index (κ3) is 3.29. The molecule has 9 rings (SSSR count). The Morgan fingerprint density at radius 1 is 0.465 bits per heavy atom. The number of hydrogen-bond donors (Lipinski definition) is 0. The predicted octanol–water partition coefficient (Wildman–Crippen LogP) is 11.3. The van der Waals surface area contributed by atoms with Crippen LogP contribution in [-0.4, -0.2) is 0 Å². The highest BCUT2D eigenvalue weighted by Gasteiger charge is 2.53. The summed E-state index contributed by atoms with van der Waals surface area (Å²) in [4.78, 5) is 2.37. The van der Waals surface area contributed by atoms with Crippen LogP contribution in [0.5, 0.6) is 0 Å². The number of hydrogen-bond acceptors (Lipinski definition) is 1. The predicted molar refractivity (Wildman–Crippen MR) is 180 cm³/mol. The van der Waals surface area contributed by atoms with E-state index >= 15 is 0 Å². The molecule has 0 saturated heterocycles. The Balaban J connectivity index is 1.48. The van der Waals surface area contributed by atoms with E-state index in [1.807, 2.05) is 0 Å². The minimum Gasteiger partial charge on any atom is -0.310 e. The number of nitrogens with zero attached hydrogens (tertiary/aromatic N) is 1. The van der Waals surface area contributed by atoms with Gasteiger partial charge in [-0.2, -0.15) is 0 Å². The minimum atomic E-state index is -0.510. The summed E-state index contributed by atoms with van der Waals surface area (Å²) in [6.07, 6.45) is 0. The molecule has 1 atom stereocenters. The molecule has 1 spiro atoms. The van der Waals surface area contributed by atoms with Gasteiger partial charge in [-0.05, 0) is 86.1 Å². The molecule has 0 amide bonds. The van der Waals surface area contributed by atoms with Crippen molar-refractivity contribution in [1.29, 1.82) is 0 Å².